The molecule has 12 heteroatoms. The van der Waals surface area contributed by atoms with E-state index in [2.05, 4.69) is 26.3 Å². The highest BCUT2D eigenvalue weighted by molar-refractivity contribution is 7.85. The molecule has 4 rings (SSSR count). The summed E-state index contributed by atoms with van der Waals surface area (Å²) in [6.45, 7) is 5.03. The minimum Gasteiger partial charge on any atom is -0.447 e. The summed E-state index contributed by atoms with van der Waals surface area (Å²) in [7, 11) is -1.18. The Morgan fingerprint density at radius 2 is 2.06 bits per heavy atom. The first-order valence-electron chi connectivity index (χ1n) is 10.1. The van der Waals surface area contributed by atoms with E-state index in [-0.39, 0.29) is 6.61 Å². The van der Waals surface area contributed by atoms with Crippen LogP contribution in [0.5, 0.6) is 0 Å². The SMILES string of the molecule is CC(C)(COC(N)=O)Nc1nc(N2CC=C(c3ncc(Cl)cn3)CC2)nc2c1[S@@](=O)CC2. The molecular weight excluding hydrogens is 454 g/mol. The maximum atomic E-state index is 12.6. The molecule has 2 aromatic heterocycles. The molecule has 0 saturated carbocycles. The van der Waals surface area contributed by atoms with Crippen molar-refractivity contribution < 1.29 is 13.7 Å². The molecule has 4 heterocycles. The molecule has 2 aromatic rings. The molecule has 1 atom stereocenters. The van der Waals surface area contributed by atoms with E-state index in [0.717, 1.165) is 17.7 Å². The van der Waals surface area contributed by atoms with Crippen LogP contribution in [0.15, 0.2) is 23.4 Å². The van der Waals surface area contributed by atoms with Gasteiger partial charge in [0.05, 0.1) is 27.1 Å². The Kier molecular flexibility index (Phi) is 6.29. The lowest BCUT2D eigenvalue weighted by Crippen LogP contribution is -2.39. The summed E-state index contributed by atoms with van der Waals surface area (Å²) < 4.78 is 17.5. The third-order valence-corrected chi connectivity index (χ3v) is 6.76. The van der Waals surface area contributed by atoms with Gasteiger partial charge in [0, 0.05) is 37.7 Å². The lowest BCUT2D eigenvalue weighted by atomic mass is 10.1. The number of primary amides is 1. The number of carbonyl (C=O) groups excluding carboxylic acids is 1. The number of nitrogens with zero attached hydrogens (tertiary/aromatic N) is 5. The lowest BCUT2D eigenvalue weighted by molar-refractivity contribution is 0.138. The van der Waals surface area contributed by atoms with Crippen LogP contribution in [0, 0.1) is 0 Å². The Hall–Kier alpha value is -2.79. The molecular formula is C20H24ClN7O3S. The highest BCUT2D eigenvalue weighted by Crippen LogP contribution is 2.32. The predicted molar refractivity (Wildman–Crippen MR) is 122 cm³/mol. The fourth-order valence-corrected chi connectivity index (χ4v) is 4.95. The summed E-state index contributed by atoms with van der Waals surface area (Å²) in [6, 6.07) is 0. The van der Waals surface area contributed by atoms with E-state index >= 15 is 0 Å². The molecule has 170 valence electrons. The van der Waals surface area contributed by atoms with Crippen molar-refractivity contribution >= 4 is 45.8 Å². The molecule has 2 aliphatic heterocycles. The standard InChI is InChI=1S/C20H24ClN7O3S/c1-20(2,11-31-18(22)29)27-17-15-14(5-8-32(15)30)25-19(26-17)28-6-3-12(4-7-28)16-23-9-13(21)10-24-16/h3,9-10H,4-8,11H2,1-2H3,(H2,22,29)(H,25,26,27)/t32-/m0/s1. The summed E-state index contributed by atoms with van der Waals surface area (Å²) in [5, 5.41) is 3.77. The van der Waals surface area contributed by atoms with Gasteiger partial charge in [-0.2, -0.15) is 4.98 Å². The van der Waals surface area contributed by atoms with E-state index in [1.807, 2.05) is 13.8 Å². The van der Waals surface area contributed by atoms with Crippen LogP contribution in [0.4, 0.5) is 16.6 Å². The number of ether oxygens (including phenoxy) is 1. The molecule has 0 fully saturated rings. The Morgan fingerprint density at radius 3 is 2.72 bits per heavy atom. The van der Waals surface area contributed by atoms with Gasteiger partial charge < -0.3 is 20.7 Å². The molecule has 0 aliphatic carbocycles. The van der Waals surface area contributed by atoms with Gasteiger partial charge in [0.25, 0.3) is 0 Å². The maximum absolute atomic E-state index is 12.6. The van der Waals surface area contributed by atoms with Crippen molar-refractivity contribution in [3.05, 3.63) is 35.0 Å². The van der Waals surface area contributed by atoms with Crippen LogP contribution in [0.2, 0.25) is 5.02 Å². The Bertz CT molecular complexity index is 1090. The molecule has 0 saturated heterocycles. The van der Waals surface area contributed by atoms with Crippen LogP contribution < -0.4 is 16.0 Å². The molecule has 32 heavy (non-hydrogen) atoms. The summed E-state index contributed by atoms with van der Waals surface area (Å²) >= 11 is 5.88. The van der Waals surface area contributed by atoms with Crippen LogP contribution in [0.1, 0.15) is 31.8 Å². The van der Waals surface area contributed by atoms with Gasteiger partial charge in [-0.1, -0.05) is 17.7 Å². The number of nitrogens with two attached hydrogens (primary N) is 1. The third-order valence-electron chi connectivity index (χ3n) is 5.11. The molecule has 10 nitrogen and oxygen atoms in total. The number of halogens is 1. The number of aromatic nitrogens is 4. The maximum Gasteiger partial charge on any atom is 0.404 e. The first-order chi connectivity index (χ1) is 15.2. The summed E-state index contributed by atoms with van der Waals surface area (Å²) in [5.41, 5.74) is 6.25. The number of amides is 1. The van der Waals surface area contributed by atoms with E-state index < -0.39 is 22.4 Å². The topological polar surface area (TPSA) is 136 Å². The second-order valence-electron chi connectivity index (χ2n) is 8.21. The van der Waals surface area contributed by atoms with Crippen LogP contribution in [-0.4, -0.2) is 61.2 Å². The number of carbonyl (C=O) groups is 1. The smallest absolute Gasteiger partial charge is 0.404 e. The van der Waals surface area contributed by atoms with Crippen molar-refractivity contribution in [2.24, 2.45) is 5.73 Å². The fourth-order valence-electron chi connectivity index (χ4n) is 3.55. The monoisotopic (exact) mass is 477 g/mol. The van der Waals surface area contributed by atoms with Crippen LogP contribution in [0.25, 0.3) is 5.57 Å². The van der Waals surface area contributed by atoms with E-state index in [9.17, 15) is 9.00 Å². The molecule has 3 N–H and O–H groups in total. The van der Waals surface area contributed by atoms with Crippen LogP contribution >= 0.6 is 11.6 Å². The molecule has 1 amide bonds. The summed E-state index contributed by atoms with van der Waals surface area (Å²) in [4.78, 5) is 31.7. The third kappa shape index (κ3) is 4.99. The zero-order chi connectivity index (χ0) is 22.9. The van der Waals surface area contributed by atoms with Gasteiger partial charge in [-0.3, -0.25) is 4.21 Å². The summed E-state index contributed by atoms with van der Waals surface area (Å²) in [5.74, 6) is 2.23. The van der Waals surface area contributed by atoms with Gasteiger partial charge in [0.2, 0.25) is 5.95 Å². The van der Waals surface area contributed by atoms with Crippen molar-refractivity contribution in [3.63, 3.8) is 0 Å². The van der Waals surface area contributed by atoms with E-state index in [0.29, 0.717) is 52.8 Å². The molecule has 0 unspecified atom stereocenters. The van der Waals surface area contributed by atoms with Gasteiger partial charge >= 0.3 is 6.09 Å². The van der Waals surface area contributed by atoms with Gasteiger partial charge in [-0.05, 0) is 25.8 Å². The van der Waals surface area contributed by atoms with Crippen molar-refractivity contribution in [1.82, 2.24) is 19.9 Å². The number of rotatable bonds is 6. The van der Waals surface area contributed by atoms with Crippen molar-refractivity contribution in [2.45, 2.75) is 37.1 Å². The van der Waals surface area contributed by atoms with Gasteiger partial charge in [0.1, 0.15) is 17.3 Å². The highest BCUT2D eigenvalue weighted by Gasteiger charge is 2.31. The average molecular weight is 478 g/mol. The van der Waals surface area contributed by atoms with Crippen LogP contribution in [-0.2, 0) is 22.0 Å². The number of hydrogen-bond donors (Lipinski definition) is 2. The highest BCUT2D eigenvalue weighted by atomic mass is 35.5. The molecule has 0 bridgehead atoms. The fraction of sp³-hybridized carbons (Fsp3) is 0.450. The largest absolute Gasteiger partial charge is 0.447 e. The number of fused-ring (bicyclic) bond motifs is 1. The van der Waals surface area contributed by atoms with Crippen LogP contribution in [0.3, 0.4) is 0 Å². The first-order valence-corrected chi connectivity index (χ1v) is 11.8. The average Bonchev–Trinajstić information content (AvgIpc) is 3.14. The molecule has 0 aromatic carbocycles. The van der Waals surface area contributed by atoms with Gasteiger partial charge in [-0.25, -0.2) is 19.7 Å². The zero-order valence-corrected chi connectivity index (χ0v) is 19.4. The molecule has 0 radical (unpaired) electrons. The number of aryl methyl sites for hydroxylation is 1. The van der Waals surface area contributed by atoms with Crippen molar-refractivity contribution in [2.75, 3.05) is 35.7 Å². The number of anilines is 2. The minimum atomic E-state index is -1.18. The quantitative estimate of drug-likeness (QED) is 0.641. The summed E-state index contributed by atoms with van der Waals surface area (Å²) in [6.07, 6.45) is 5.73. The number of hydrogen-bond acceptors (Lipinski definition) is 9. The number of nitrogens with one attached hydrogen (secondary N) is 1. The van der Waals surface area contributed by atoms with Gasteiger partial charge in [0.15, 0.2) is 5.82 Å². The van der Waals surface area contributed by atoms with Crippen molar-refractivity contribution in [3.8, 4) is 0 Å². The Balaban J connectivity index is 1.58. The second kappa shape index (κ2) is 8.99. The van der Waals surface area contributed by atoms with E-state index in [4.69, 9.17) is 32.0 Å². The Morgan fingerprint density at radius 1 is 1.31 bits per heavy atom. The Labute approximate surface area is 193 Å². The normalized spacial score (nSPS) is 18.2. The van der Waals surface area contributed by atoms with E-state index in [1.165, 1.54) is 0 Å². The second-order valence-corrected chi connectivity index (χ2v) is 10.2. The lowest BCUT2D eigenvalue weighted by Gasteiger charge is -2.29. The zero-order valence-electron chi connectivity index (χ0n) is 17.8. The van der Waals surface area contributed by atoms with Crippen molar-refractivity contribution in [1.29, 1.82) is 0 Å². The van der Waals surface area contributed by atoms with Gasteiger partial charge in [-0.15, -0.1) is 0 Å². The predicted octanol–water partition coefficient (Wildman–Crippen LogP) is 2.16. The first kappa shape index (κ1) is 22.4. The molecule has 0 spiro atoms. The minimum absolute atomic E-state index is 0.0416. The molecule has 2 aliphatic rings. The van der Waals surface area contributed by atoms with E-state index in [1.54, 1.807) is 12.4 Å².